The lowest BCUT2D eigenvalue weighted by atomic mass is 10.00. The largest absolute Gasteiger partial charge is 0.351 e. The molecule has 0 atom stereocenters. The Balaban J connectivity index is 1.64. The third-order valence-electron chi connectivity index (χ3n) is 4.88. The molecule has 31 heavy (non-hydrogen) atoms. The molecule has 7 heteroatoms. The van der Waals surface area contributed by atoms with Gasteiger partial charge in [-0.3, -0.25) is 9.48 Å². The molecule has 0 aliphatic carbocycles. The SMILES string of the molecule is N#CCCNC(=O)c1cccc(-c2cccc3nn(Cc4ccc(F)c(F)c4)cc23)c1. The smallest absolute Gasteiger partial charge is 0.251 e. The van der Waals surface area contributed by atoms with E-state index in [1.165, 1.54) is 6.07 Å². The first-order valence-electron chi connectivity index (χ1n) is 9.71. The molecule has 154 valence electrons. The van der Waals surface area contributed by atoms with E-state index < -0.39 is 11.6 Å². The summed E-state index contributed by atoms with van der Waals surface area (Å²) in [4.78, 5) is 12.3. The van der Waals surface area contributed by atoms with E-state index in [4.69, 9.17) is 5.26 Å². The molecule has 0 unspecified atom stereocenters. The minimum absolute atomic E-state index is 0.238. The molecule has 4 rings (SSSR count). The zero-order chi connectivity index (χ0) is 21.8. The highest BCUT2D eigenvalue weighted by atomic mass is 19.2. The molecular weight excluding hydrogens is 398 g/mol. The fraction of sp³-hybridized carbons (Fsp3) is 0.125. The molecule has 4 aromatic rings. The van der Waals surface area contributed by atoms with E-state index in [0.717, 1.165) is 34.2 Å². The van der Waals surface area contributed by atoms with Crippen LogP contribution in [0, 0.1) is 23.0 Å². The Kier molecular flexibility index (Phi) is 5.72. The lowest BCUT2D eigenvalue weighted by molar-refractivity contribution is 0.0954. The Morgan fingerprint density at radius 3 is 2.71 bits per heavy atom. The van der Waals surface area contributed by atoms with Gasteiger partial charge in [-0.15, -0.1) is 0 Å². The van der Waals surface area contributed by atoms with Crippen LogP contribution < -0.4 is 5.32 Å². The Morgan fingerprint density at radius 2 is 1.90 bits per heavy atom. The average molecular weight is 416 g/mol. The van der Waals surface area contributed by atoms with Crippen molar-refractivity contribution in [3.05, 3.63) is 89.6 Å². The fourth-order valence-electron chi connectivity index (χ4n) is 3.41. The van der Waals surface area contributed by atoms with Crippen LogP contribution >= 0.6 is 0 Å². The van der Waals surface area contributed by atoms with Gasteiger partial charge in [-0.2, -0.15) is 10.4 Å². The Bertz CT molecular complexity index is 1310. The summed E-state index contributed by atoms with van der Waals surface area (Å²) < 4.78 is 28.4. The van der Waals surface area contributed by atoms with E-state index in [1.807, 2.05) is 36.5 Å². The van der Waals surface area contributed by atoms with Gasteiger partial charge in [-0.1, -0.05) is 30.3 Å². The number of nitrogens with one attached hydrogen (secondary N) is 1. The summed E-state index contributed by atoms with van der Waals surface area (Å²) >= 11 is 0. The molecule has 0 spiro atoms. The van der Waals surface area contributed by atoms with Crippen molar-refractivity contribution in [2.75, 3.05) is 6.54 Å². The van der Waals surface area contributed by atoms with Crippen LogP contribution in [0.15, 0.2) is 66.9 Å². The number of nitrogens with zero attached hydrogens (tertiary/aromatic N) is 3. The van der Waals surface area contributed by atoms with Crippen LogP contribution in [0.5, 0.6) is 0 Å². The molecule has 3 aromatic carbocycles. The maximum Gasteiger partial charge on any atom is 0.251 e. The number of halogens is 2. The highest BCUT2D eigenvalue weighted by Gasteiger charge is 2.12. The van der Waals surface area contributed by atoms with Crippen molar-refractivity contribution in [2.24, 2.45) is 0 Å². The lowest BCUT2D eigenvalue weighted by Crippen LogP contribution is -2.24. The summed E-state index contributed by atoms with van der Waals surface area (Å²) in [6.45, 7) is 0.596. The number of benzene rings is 3. The highest BCUT2D eigenvalue weighted by molar-refractivity contribution is 5.98. The van der Waals surface area contributed by atoms with E-state index in [2.05, 4.69) is 10.4 Å². The topological polar surface area (TPSA) is 70.7 Å². The van der Waals surface area contributed by atoms with Crippen molar-refractivity contribution in [1.82, 2.24) is 15.1 Å². The van der Waals surface area contributed by atoms with Gasteiger partial charge in [0.15, 0.2) is 11.6 Å². The van der Waals surface area contributed by atoms with Gasteiger partial charge in [0.2, 0.25) is 0 Å². The van der Waals surface area contributed by atoms with Crippen LogP contribution in [0.2, 0.25) is 0 Å². The van der Waals surface area contributed by atoms with Gasteiger partial charge in [-0.05, 0) is 47.0 Å². The zero-order valence-electron chi connectivity index (χ0n) is 16.5. The number of hydrogen-bond acceptors (Lipinski definition) is 3. The maximum absolute atomic E-state index is 13.5. The van der Waals surface area contributed by atoms with E-state index in [1.54, 1.807) is 22.9 Å². The van der Waals surface area contributed by atoms with Crippen LogP contribution in [-0.2, 0) is 6.54 Å². The predicted molar refractivity (Wildman–Crippen MR) is 113 cm³/mol. The average Bonchev–Trinajstić information content (AvgIpc) is 3.19. The lowest BCUT2D eigenvalue weighted by Gasteiger charge is -2.07. The molecular formula is C24H18F2N4O. The second kappa shape index (κ2) is 8.76. The third kappa shape index (κ3) is 4.43. The number of nitriles is 1. The molecule has 0 bridgehead atoms. The van der Waals surface area contributed by atoms with Crippen LogP contribution in [0.3, 0.4) is 0 Å². The molecule has 1 N–H and O–H groups in total. The van der Waals surface area contributed by atoms with Crippen LogP contribution in [0.4, 0.5) is 8.78 Å². The number of fused-ring (bicyclic) bond motifs is 1. The van der Waals surface area contributed by atoms with Crippen molar-refractivity contribution in [3.8, 4) is 17.2 Å². The maximum atomic E-state index is 13.5. The first kappa shape index (κ1) is 20.2. The van der Waals surface area contributed by atoms with Gasteiger partial charge in [0, 0.05) is 23.7 Å². The van der Waals surface area contributed by atoms with Crippen molar-refractivity contribution in [1.29, 1.82) is 5.26 Å². The molecule has 0 saturated carbocycles. The normalized spacial score (nSPS) is 10.7. The molecule has 0 aliphatic rings. The molecule has 0 aliphatic heterocycles. The van der Waals surface area contributed by atoms with E-state index >= 15 is 0 Å². The Labute approximate surface area is 177 Å². The molecule has 1 amide bonds. The van der Waals surface area contributed by atoms with Gasteiger partial charge >= 0.3 is 0 Å². The predicted octanol–water partition coefficient (Wildman–Crippen LogP) is 4.67. The summed E-state index contributed by atoms with van der Waals surface area (Å²) in [5, 5.41) is 16.8. The van der Waals surface area contributed by atoms with Crippen molar-refractivity contribution >= 4 is 16.8 Å². The standard InChI is InChI=1S/C24H18F2N4O/c25-21-9-8-16(12-22(21)26)14-30-15-20-19(6-2-7-23(20)29-30)17-4-1-5-18(13-17)24(31)28-11-3-10-27/h1-2,4-9,12-13,15H,3,11,14H2,(H,28,31). The fourth-order valence-corrected chi connectivity index (χ4v) is 3.41. The second-order valence-electron chi connectivity index (χ2n) is 7.06. The van der Waals surface area contributed by atoms with E-state index in [9.17, 15) is 13.6 Å². The first-order valence-corrected chi connectivity index (χ1v) is 9.71. The molecule has 1 heterocycles. The third-order valence-corrected chi connectivity index (χ3v) is 4.88. The van der Waals surface area contributed by atoms with Gasteiger partial charge in [0.05, 0.1) is 24.6 Å². The second-order valence-corrected chi connectivity index (χ2v) is 7.06. The summed E-state index contributed by atoms with van der Waals surface area (Å²) in [5.41, 5.74) is 3.61. The summed E-state index contributed by atoms with van der Waals surface area (Å²) in [6, 6.07) is 18.7. The molecule has 0 fully saturated rings. The number of carbonyl (C=O) groups excluding carboxylic acids is 1. The van der Waals surface area contributed by atoms with Gasteiger partial charge in [0.25, 0.3) is 5.91 Å². The van der Waals surface area contributed by atoms with Crippen LogP contribution in [0.1, 0.15) is 22.3 Å². The van der Waals surface area contributed by atoms with Gasteiger partial charge in [-0.25, -0.2) is 8.78 Å². The zero-order valence-corrected chi connectivity index (χ0v) is 16.5. The first-order chi connectivity index (χ1) is 15.0. The van der Waals surface area contributed by atoms with Crippen molar-refractivity contribution in [2.45, 2.75) is 13.0 Å². The van der Waals surface area contributed by atoms with Crippen molar-refractivity contribution < 1.29 is 13.6 Å². The quantitative estimate of drug-likeness (QED) is 0.464. The molecule has 0 saturated heterocycles. The van der Waals surface area contributed by atoms with E-state index in [0.29, 0.717) is 24.2 Å². The minimum Gasteiger partial charge on any atom is -0.351 e. The summed E-state index contributed by atoms with van der Waals surface area (Å²) in [6.07, 6.45) is 2.10. The molecule has 5 nitrogen and oxygen atoms in total. The molecule has 1 aromatic heterocycles. The minimum atomic E-state index is -0.889. The van der Waals surface area contributed by atoms with Crippen molar-refractivity contribution in [3.63, 3.8) is 0 Å². The Morgan fingerprint density at radius 1 is 1.06 bits per heavy atom. The summed E-state index contributed by atoms with van der Waals surface area (Å²) in [5.74, 6) is -2.01. The number of rotatable bonds is 6. The van der Waals surface area contributed by atoms with Crippen LogP contribution in [0.25, 0.3) is 22.0 Å². The monoisotopic (exact) mass is 416 g/mol. The van der Waals surface area contributed by atoms with Gasteiger partial charge in [0.1, 0.15) is 0 Å². The Hall–Kier alpha value is -4.05. The number of amides is 1. The van der Waals surface area contributed by atoms with Crippen LogP contribution in [-0.4, -0.2) is 22.2 Å². The van der Waals surface area contributed by atoms with E-state index in [-0.39, 0.29) is 12.3 Å². The molecule has 0 radical (unpaired) electrons. The number of carbonyl (C=O) groups is 1. The highest BCUT2D eigenvalue weighted by Crippen LogP contribution is 2.29. The van der Waals surface area contributed by atoms with Gasteiger partial charge < -0.3 is 5.32 Å². The summed E-state index contributed by atoms with van der Waals surface area (Å²) in [7, 11) is 0. The number of aromatic nitrogens is 2. The number of hydrogen-bond donors (Lipinski definition) is 1.